The van der Waals surface area contributed by atoms with Crippen molar-refractivity contribution in [2.24, 2.45) is 0 Å². The Hall–Kier alpha value is -3.82. The highest BCUT2D eigenvalue weighted by Gasteiger charge is 2.33. The van der Waals surface area contributed by atoms with Crippen molar-refractivity contribution in [1.82, 2.24) is 10.2 Å². The summed E-state index contributed by atoms with van der Waals surface area (Å²) in [6.07, 6.45) is -0.175. The first kappa shape index (κ1) is 24.3. The van der Waals surface area contributed by atoms with Crippen molar-refractivity contribution in [2.45, 2.75) is 32.0 Å². The smallest absolute Gasteiger partial charge is 0.414 e. The molecule has 0 saturated carbocycles. The molecular weight excluding hydrogens is 457 g/mol. The number of carbonyl (C=O) groups is 3. The first-order valence-electron chi connectivity index (χ1n) is 11.5. The van der Waals surface area contributed by atoms with Crippen molar-refractivity contribution in [3.05, 3.63) is 53.8 Å². The van der Waals surface area contributed by atoms with Crippen LogP contribution in [0.15, 0.2) is 42.5 Å². The number of nitrogens with zero attached hydrogens (tertiary/aromatic N) is 2. The van der Waals surface area contributed by atoms with Gasteiger partial charge in [0.25, 0.3) is 5.91 Å². The topological polar surface area (TPSA) is 97.4 Å². The molecule has 0 unspecified atom stereocenters. The molecule has 2 aromatic carbocycles. The lowest BCUT2D eigenvalue weighted by Crippen LogP contribution is -2.41. The summed E-state index contributed by atoms with van der Waals surface area (Å²) in [6.45, 7) is 2.79. The summed E-state index contributed by atoms with van der Waals surface area (Å²) < 4.78 is 31.0. The Morgan fingerprint density at radius 3 is 2.49 bits per heavy atom. The predicted molar refractivity (Wildman–Crippen MR) is 125 cm³/mol. The number of methoxy groups -OCH3 is 1. The Morgan fingerprint density at radius 1 is 1.14 bits per heavy atom. The van der Waals surface area contributed by atoms with E-state index in [1.54, 1.807) is 42.3 Å². The van der Waals surface area contributed by atoms with Crippen LogP contribution in [0.2, 0.25) is 0 Å². The van der Waals surface area contributed by atoms with Gasteiger partial charge in [0, 0.05) is 44.5 Å². The first-order valence-corrected chi connectivity index (χ1v) is 11.5. The summed E-state index contributed by atoms with van der Waals surface area (Å²) in [6, 6.07) is 11.3. The third-order valence-corrected chi connectivity index (χ3v) is 6.04. The van der Waals surface area contributed by atoms with Gasteiger partial charge in [-0.3, -0.25) is 14.5 Å². The zero-order valence-electron chi connectivity index (χ0n) is 19.7. The predicted octanol–water partition coefficient (Wildman–Crippen LogP) is 2.98. The highest BCUT2D eigenvalue weighted by molar-refractivity contribution is 5.94. The Morgan fingerprint density at radius 2 is 1.86 bits per heavy atom. The van der Waals surface area contributed by atoms with Gasteiger partial charge in [-0.15, -0.1) is 0 Å². The molecule has 4 rings (SSSR count). The number of anilines is 1. The van der Waals surface area contributed by atoms with E-state index in [0.29, 0.717) is 42.9 Å². The van der Waals surface area contributed by atoms with E-state index in [-0.39, 0.29) is 36.8 Å². The number of likely N-dealkylation sites (tertiary alicyclic amines) is 1. The molecular formula is C25H28FN3O6. The van der Waals surface area contributed by atoms with Crippen LogP contribution in [-0.2, 0) is 9.53 Å². The zero-order chi connectivity index (χ0) is 24.9. The third kappa shape index (κ3) is 5.82. The van der Waals surface area contributed by atoms with Gasteiger partial charge >= 0.3 is 6.09 Å². The summed E-state index contributed by atoms with van der Waals surface area (Å²) >= 11 is 0. The minimum Gasteiger partial charge on any atom is -0.497 e. The van der Waals surface area contributed by atoms with Crippen LogP contribution in [0.1, 0.15) is 30.1 Å². The molecule has 10 heteroatoms. The third-order valence-electron chi connectivity index (χ3n) is 6.04. The standard InChI is InChI=1S/C25H28FN3O6/c1-16(30)27-14-21-15-29(25(32)35-21)18-5-8-23(22(26)13-18)34-20-9-11-28(12-10-20)24(31)17-3-6-19(33-2)7-4-17/h3-8,13,20-21H,9-12,14-15H2,1-2H3,(H,27,30)/t21-/m0/s1. The Balaban J connectivity index is 1.30. The SMILES string of the molecule is COc1ccc(C(=O)N2CCC(Oc3ccc(N4C[C@H](CNC(C)=O)OC4=O)cc3F)CC2)cc1. The molecule has 0 aliphatic carbocycles. The van der Waals surface area contributed by atoms with Crippen molar-refractivity contribution in [3.63, 3.8) is 0 Å². The summed E-state index contributed by atoms with van der Waals surface area (Å²) in [7, 11) is 1.57. The molecule has 1 N–H and O–H groups in total. The number of ether oxygens (including phenoxy) is 3. The summed E-state index contributed by atoms with van der Waals surface area (Å²) in [5, 5.41) is 2.60. The van der Waals surface area contributed by atoms with Crippen LogP contribution in [-0.4, -0.2) is 68.3 Å². The molecule has 2 heterocycles. The molecule has 3 amide bonds. The lowest BCUT2D eigenvalue weighted by Gasteiger charge is -2.32. The number of hydrogen-bond acceptors (Lipinski definition) is 6. The minimum atomic E-state index is -0.595. The van der Waals surface area contributed by atoms with Crippen LogP contribution in [0.5, 0.6) is 11.5 Å². The fraction of sp³-hybridized carbons (Fsp3) is 0.400. The minimum absolute atomic E-state index is 0.0593. The number of carbonyl (C=O) groups excluding carboxylic acids is 3. The lowest BCUT2D eigenvalue weighted by molar-refractivity contribution is -0.119. The lowest BCUT2D eigenvalue weighted by atomic mass is 10.1. The molecule has 0 aromatic heterocycles. The summed E-state index contributed by atoms with van der Waals surface area (Å²) in [5.41, 5.74) is 0.941. The first-order chi connectivity index (χ1) is 16.8. The van der Waals surface area contributed by atoms with E-state index >= 15 is 0 Å². The number of benzene rings is 2. The average molecular weight is 486 g/mol. The van der Waals surface area contributed by atoms with Crippen LogP contribution in [0, 0.1) is 5.82 Å². The average Bonchev–Trinajstić information content (AvgIpc) is 3.24. The Bertz CT molecular complexity index is 1090. The van der Waals surface area contributed by atoms with Crippen molar-refractivity contribution in [3.8, 4) is 11.5 Å². The van der Waals surface area contributed by atoms with Gasteiger partial charge in [0.1, 0.15) is 18.0 Å². The van der Waals surface area contributed by atoms with Gasteiger partial charge in [-0.2, -0.15) is 0 Å². The van der Waals surface area contributed by atoms with Gasteiger partial charge in [0.15, 0.2) is 11.6 Å². The largest absolute Gasteiger partial charge is 0.497 e. The van der Waals surface area contributed by atoms with E-state index in [4.69, 9.17) is 14.2 Å². The van der Waals surface area contributed by atoms with Crippen LogP contribution in [0.4, 0.5) is 14.9 Å². The number of cyclic esters (lactones) is 1. The molecule has 2 saturated heterocycles. The monoisotopic (exact) mass is 485 g/mol. The molecule has 9 nitrogen and oxygen atoms in total. The fourth-order valence-electron chi connectivity index (χ4n) is 4.12. The molecule has 0 bridgehead atoms. The highest BCUT2D eigenvalue weighted by Crippen LogP contribution is 2.29. The fourth-order valence-corrected chi connectivity index (χ4v) is 4.12. The molecule has 2 aliphatic rings. The highest BCUT2D eigenvalue weighted by atomic mass is 19.1. The molecule has 2 aliphatic heterocycles. The van der Waals surface area contributed by atoms with Gasteiger partial charge < -0.3 is 24.4 Å². The van der Waals surface area contributed by atoms with E-state index in [1.807, 2.05) is 0 Å². The van der Waals surface area contributed by atoms with Gasteiger partial charge in [0.2, 0.25) is 5.91 Å². The van der Waals surface area contributed by atoms with Gasteiger partial charge in [-0.1, -0.05) is 0 Å². The van der Waals surface area contributed by atoms with Gasteiger partial charge in [-0.05, 0) is 36.4 Å². The van der Waals surface area contributed by atoms with Gasteiger partial charge in [-0.25, -0.2) is 9.18 Å². The van der Waals surface area contributed by atoms with Crippen molar-refractivity contribution >= 4 is 23.6 Å². The van der Waals surface area contributed by atoms with E-state index < -0.39 is 18.0 Å². The van der Waals surface area contributed by atoms with E-state index in [9.17, 15) is 18.8 Å². The number of rotatable bonds is 7. The molecule has 1 atom stereocenters. The molecule has 0 spiro atoms. The van der Waals surface area contributed by atoms with Crippen LogP contribution in [0.25, 0.3) is 0 Å². The van der Waals surface area contributed by atoms with E-state index in [1.165, 1.54) is 24.0 Å². The van der Waals surface area contributed by atoms with Crippen molar-refractivity contribution in [2.75, 3.05) is 38.2 Å². The second-order valence-corrected chi connectivity index (χ2v) is 8.51. The maximum atomic E-state index is 14.8. The van der Waals surface area contributed by atoms with Crippen molar-refractivity contribution < 1.29 is 33.0 Å². The van der Waals surface area contributed by atoms with Gasteiger partial charge in [0.05, 0.1) is 25.9 Å². The van der Waals surface area contributed by atoms with Crippen LogP contribution >= 0.6 is 0 Å². The molecule has 186 valence electrons. The van der Waals surface area contributed by atoms with Crippen LogP contribution in [0.3, 0.4) is 0 Å². The number of piperidine rings is 1. The molecule has 0 radical (unpaired) electrons. The maximum Gasteiger partial charge on any atom is 0.414 e. The Kier molecular flexibility index (Phi) is 7.38. The normalized spacial score (nSPS) is 18.3. The zero-order valence-corrected chi connectivity index (χ0v) is 19.7. The number of amides is 3. The number of hydrogen-bond donors (Lipinski definition) is 1. The second kappa shape index (κ2) is 10.6. The molecule has 2 fully saturated rings. The quantitative estimate of drug-likeness (QED) is 0.648. The number of halogens is 1. The maximum absolute atomic E-state index is 14.8. The van der Waals surface area contributed by atoms with Crippen LogP contribution < -0.4 is 19.7 Å². The van der Waals surface area contributed by atoms with E-state index in [0.717, 1.165) is 0 Å². The van der Waals surface area contributed by atoms with Crippen molar-refractivity contribution in [1.29, 1.82) is 0 Å². The van der Waals surface area contributed by atoms with E-state index in [2.05, 4.69) is 5.32 Å². The Labute approximate surface area is 202 Å². The molecule has 35 heavy (non-hydrogen) atoms. The second-order valence-electron chi connectivity index (χ2n) is 8.51. The summed E-state index contributed by atoms with van der Waals surface area (Å²) in [4.78, 5) is 39.0. The molecule has 2 aromatic rings. The number of nitrogens with one attached hydrogen (secondary N) is 1. The summed E-state index contributed by atoms with van der Waals surface area (Å²) in [5.74, 6) is -0.0829.